The number of hydrogen-bond acceptors (Lipinski definition) is 3. The van der Waals surface area contributed by atoms with Crippen LogP contribution in [0.25, 0.3) is 5.65 Å². The summed E-state index contributed by atoms with van der Waals surface area (Å²) < 4.78 is 2.35. The number of carbonyl (C=O) groups is 1. The Bertz CT molecular complexity index is 567. The lowest BCUT2D eigenvalue weighted by molar-refractivity contribution is 0.0696. The maximum absolute atomic E-state index is 11.4. The molecule has 0 saturated heterocycles. The van der Waals surface area contributed by atoms with E-state index in [2.05, 4.69) is 5.10 Å². The normalized spacial score (nSPS) is 10.6. The summed E-state index contributed by atoms with van der Waals surface area (Å²) in [6, 6.07) is 2.90. The summed E-state index contributed by atoms with van der Waals surface area (Å²) in [5, 5.41) is 12.6. The van der Waals surface area contributed by atoms with Crippen LogP contribution in [0.15, 0.2) is 23.1 Å². The number of aromatic nitrogens is 3. The predicted octanol–water partition coefficient (Wildman–Crippen LogP) is -0.269. The minimum Gasteiger partial charge on any atom is -0.478 e. The minimum atomic E-state index is -1.07. The fourth-order valence-corrected chi connectivity index (χ4v) is 1.21. The standard InChI is InChI=1S/C8H7N3O3/c1-10-8(14)11-4-5(7(12)13)2-3-6(11)9-10/h2-4H,1H3,(H,12,13). The van der Waals surface area contributed by atoms with Crippen LogP contribution in [0.5, 0.6) is 0 Å². The summed E-state index contributed by atoms with van der Waals surface area (Å²) in [6.45, 7) is 0. The van der Waals surface area contributed by atoms with Gasteiger partial charge in [-0.25, -0.2) is 18.7 Å². The molecule has 72 valence electrons. The summed E-state index contributed by atoms with van der Waals surface area (Å²) in [5.41, 5.74) is 0.137. The van der Waals surface area contributed by atoms with E-state index in [4.69, 9.17) is 5.11 Å². The molecule has 2 heterocycles. The average Bonchev–Trinajstić information content (AvgIpc) is 2.43. The molecular weight excluding hydrogens is 186 g/mol. The van der Waals surface area contributed by atoms with E-state index in [0.29, 0.717) is 5.65 Å². The van der Waals surface area contributed by atoms with Crippen molar-refractivity contribution in [2.75, 3.05) is 0 Å². The highest BCUT2D eigenvalue weighted by molar-refractivity contribution is 5.87. The van der Waals surface area contributed by atoms with Crippen LogP contribution < -0.4 is 5.69 Å². The van der Waals surface area contributed by atoms with E-state index in [1.54, 1.807) is 0 Å². The van der Waals surface area contributed by atoms with Crippen molar-refractivity contribution in [1.82, 2.24) is 14.2 Å². The van der Waals surface area contributed by atoms with Gasteiger partial charge in [-0.2, -0.15) is 5.10 Å². The van der Waals surface area contributed by atoms with Crippen LogP contribution in [0.4, 0.5) is 0 Å². The van der Waals surface area contributed by atoms with Crippen LogP contribution in [0.3, 0.4) is 0 Å². The third-order valence-corrected chi connectivity index (χ3v) is 1.91. The Morgan fingerprint density at radius 3 is 2.86 bits per heavy atom. The number of nitrogens with zero attached hydrogens (tertiary/aromatic N) is 3. The molecule has 0 amide bonds. The van der Waals surface area contributed by atoms with Gasteiger partial charge in [0.25, 0.3) is 0 Å². The maximum Gasteiger partial charge on any atom is 0.350 e. The van der Waals surface area contributed by atoms with Crippen molar-refractivity contribution in [3.05, 3.63) is 34.4 Å². The van der Waals surface area contributed by atoms with Crippen molar-refractivity contribution in [1.29, 1.82) is 0 Å². The highest BCUT2D eigenvalue weighted by Crippen LogP contribution is 2.01. The van der Waals surface area contributed by atoms with Crippen molar-refractivity contribution in [2.24, 2.45) is 7.05 Å². The number of aryl methyl sites for hydroxylation is 1. The summed E-state index contributed by atoms with van der Waals surface area (Å²) in [4.78, 5) is 22.0. The van der Waals surface area contributed by atoms with Crippen molar-refractivity contribution < 1.29 is 9.90 Å². The van der Waals surface area contributed by atoms with E-state index in [-0.39, 0.29) is 11.3 Å². The van der Waals surface area contributed by atoms with Crippen LogP contribution in [0.1, 0.15) is 10.4 Å². The number of pyridine rings is 1. The molecule has 0 fully saturated rings. The molecule has 1 N–H and O–H groups in total. The lowest BCUT2D eigenvalue weighted by Gasteiger charge is -1.93. The van der Waals surface area contributed by atoms with Gasteiger partial charge in [-0.3, -0.25) is 0 Å². The van der Waals surface area contributed by atoms with Crippen LogP contribution in [0.2, 0.25) is 0 Å². The molecule has 6 nitrogen and oxygen atoms in total. The van der Waals surface area contributed by atoms with E-state index in [9.17, 15) is 9.59 Å². The Hall–Kier alpha value is -2.11. The second-order valence-corrected chi connectivity index (χ2v) is 2.86. The summed E-state index contributed by atoms with van der Waals surface area (Å²) in [7, 11) is 1.51. The van der Waals surface area contributed by atoms with Crippen molar-refractivity contribution >= 4 is 11.6 Å². The van der Waals surface area contributed by atoms with Crippen LogP contribution in [-0.2, 0) is 7.05 Å². The first kappa shape index (κ1) is 8.49. The Labute approximate surface area is 78.0 Å². The molecule has 2 aromatic heterocycles. The zero-order valence-corrected chi connectivity index (χ0v) is 7.34. The third-order valence-electron chi connectivity index (χ3n) is 1.91. The van der Waals surface area contributed by atoms with Gasteiger partial charge in [0.1, 0.15) is 0 Å². The van der Waals surface area contributed by atoms with E-state index >= 15 is 0 Å². The topological polar surface area (TPSA) is 76.6 Å². The first-order chi connectivity index (χ1) is 6.59. The molecule has 0 aliphatic carbocycles. The Morgan fingerprint density at radius 2 is 2.21 bits per heavy atom. The van der Waals surface area contributed by atoms with Gasteiger partial charge in [0, 0.05) is 13.2 Å². The van der Waals surface area contributed by atoms with Crippen molar-refractivity contribution in [3.63, 3.8) is 0 Å². The molecular formula is C8H7N3O3. The van der Waals surface area contributed by atoms with E-state index in [1.807, 2.05) is 0 Å². The van der Waals surface area contributed by atoms with E-state index in [0.717, 1.165) is 4.68 Å². The molecule has 0 radical (unpaired) electrons. The molecule has 0 saturated carbocycles. The Balaban J connectivity index is 2.82. The summed E-state index contributed by atoms with van der Waals surface area (Å²) in [5.74, 6) is -1.07. The predicted molar refractivity (Wildman–Crippen MR) is 47.4 cm³/mol. The Morgan fingerprint density at radius 1 is 1.50 bits per heavy atom. The molecule has 6 heteroatoms. The molecule has 2 rings (SSSR count). The van der Waals surface area contributed by atoms with Crippen LogP contribution >= 0.6 is 0 Å². The van der Waals surface area contributed by atoms with Gasteiger partial charge >= 0.3 is 11.7 Å². The zero-order valence-electron chi connectivity index (χ0n) is 7.34. The number of rotatable bonds is 1. The molecule has 0 aliphatic heterocycles. The van der Waals surface area contributed by atoms with Crippen LogP contribution in [0, 0.1) is 0 Å². The highest BCUT2D eigenvalue weighted by Gasteiger charge is 2.07. The highest BCUT2D eigenvalue weighted by atomic mass is 16.4. The van der Waals surface area contributed by atoms with Gasteiger partial charge in [-0.1, -0.05) is 0 Å². The lowest BCUT2D eigenvalue weighted by Crippen LogP contribution is -2.18. The molecule has 0 aliphatic rings. The molecule has 0 bridgehead atoms. The fraction of sp³-hybridized carbons (Fsp3) is 0.125. The number of carboxylic acid groups (broad SMARTS) is 1. The number of fused-ring (bicyclic) bond motifs is 1. The first-order valence-corrected chi connectivity index (χ1v) is 3.88. The minimum absolute atomic E-state index is 0.0626. The van der Waals surface area contributed by atoms with Crippen LogP contribution in [-0.4, -0.2) is 25.3 Å². The third kappa shape index (κ3) is 1.08. The smallest absolute Gasteiger partial charge is 0.350 e. The first-order valence-electron chi connectivity index (χ1n) is 3.88. The van der Waals surface area contributed by atoms with Gasteiger partial charge in [-0.15, -0.1) is 0 Å². The van der Waals surface area contributed by atoms with Crippen molar-refractivity contribution in [3.8, 4) is 0 Å². The number of aromatic carboxylic acids is 1. The molecule has 0 atom stereocenters. The fourth-order valence-electron chi connectivity index (χ4n) is 1.21. The van der Waals surface area contributed by atoms with E-state index < -0.39 is 5.97 Å². The van der Waals surface area contributed by atoms with Gasteiger partial charge in [-0.05, 0) is 12.1 Å². The largest absolute Gasteiger partial charge is 0.478 e. The quantitative estimate of drug-likeness (QED) is 0.676. The monoisotopic (exact) mass is 193 g/mol. The maximum atomic E-state index is 11.4. The average molecular weight is 193 g/mol. The zero-order chi connectivity index (χ0) is 10.3. The second-order valence-electron chi connectivity index (χ2n) is 2.86. The lowest BCUT2D eigenvalue weighted by atomic mass is 10.3. The molecule has 14 heavy (non-hydrogen) atoms. The van der Waals surface area contributed by atoms with E-state index in [1.165, 1.54) is 29.8 Å². The Kier molecular flexibility index (Phi) is 1.63. The summed E-state index contributed by atoms with van der Waals surface area (Å²) >= 11 is 0. The molecule has 0 spiro atoms. The van der Waals surface area contributed by atoms with Gasteiger partial charge in [0.2, 0.25) is 0 Å². The number of hydrogen-bond donors (Lipinski definition) is 1. The molecule has 2 aromatic rings. The van der Waals surface area contributed by atoms with Gasteiger partial charge in [0.15, 0.2) is 5.65 Å². The SMILES string of the molecule is Cn1nc2ccc(C(=O)O)cn2c1=O. The van der Waals surface area contributed by atoms with Gasteiger partial charge in [0.05, 0.1) is 5.56 Å². The van der Waals surface area contributed by atoms with Crippen molar-refractivity contribution in [2.45, 2.75) is 0 Å². The second kappa shape index (κ2) is 2.69. The number of carboxylic acids is 1. The molecule has 0 unspecified atom stereocenters. The molecule has 0 aromatic carbocycles. The van der Waals surface area contributed by atoms with Gasteiger partial charge < -0.3 is 5.11 Å². The summed E-state index contributed by atoms with van der Waals surface area (Å²) in [6.07, 6.45) is 1.26.